The van der Waals surface area contributed by atoms with Crippen LogP contribution in [0.2, 0.25) is 0 Å². The monoisotopic (exact) mass is 506 g/mol. The van der Waals surface area contributed by atoms with E-state index in [0.29, 0.717) is 35.4 Å². The minimum absolute atomic E-state index is 0.267. The van der Waals surface area contributed by atoms with Crippen LogP contribution in [-0.2, 0) is 29.2 Å². The third-order valence-electron chi connectivity index (χ3n) is 6.65. The van der Waals surface area contributed by atoms with Crippen molar-refractivity contribution in [1.82, 2.24) is 10.2 Å². The Hall–Kier alpha value is -3.36. The number of aliphatic imine (C=N–C) groups is 1. The fourth-order valence-corrected chi connectivity index (χ4v) is 4.51. The first-order valence-electron chi connectivity index (χ1n) is 12.9. The molecule has 1 atom stereocenters. The average molecular weight is 507 g/mol. The van der Waals surface area contributed by atoms with Crippen LogP contribution in [0, 0.1) is 5.92 Å². The molecule has 0 aromatic heterocycles. The van der Waals surface area contributed by atoms with Gasteiger partial charge in [-0.25, -0.2) is 0 Å². The molecule has 1 amide bonds. The zero-order chi connectivity index (χ0) is 26.2. The maximum Gasteiger partial charge on any atom is 0.269 e. The first kappa shape index (κ1) is 26.7. The molecule has 4 rings (SSSR count). The molecule has 1 heterocycles. The van der Waals surface area contributed by atoms with E-state index in [1.807, 2.05) is 18.2 Å². The number of nitrogens with one attached hydrogen (secondary N) is 1. The van der Waals surface area contributed by atoms with E-state index in [1.54, 1.807) is 20.2 Å². The van der Waals surface area contributed by atoms with E-state index in [-0.39, 0.29) is 18.6 Å². The molecule has 2 aliphatic rings. The van der Waals surface area contributed by atoms with Gasteiger partial charge in [0.1, 0.15) is 12.3 Å². The number of amides is 1. The van der Waals surface area contributed by atoms with Gasteiger partial charge in [0.2, 0.25) is 0 Å². The second-order valence-electron chi connectivity index (χ2n) is 9.68. The summed E-state index contributed by atoms with van der Waals surface area (Å²) in [6, 6.07) is 14.1. The fourth-order valence-electron chi connectivity index (χ4n) is 4.51. The summed E-state index contributed by atoms with van der Waals surface area (Å²) in [7, 11) is 3.20. The average Bonchev–Trinajstić information content (AvgIpc) is 3.75. The van der Waals surface area contributed by atoms with E-state index >= 15 is 0 Å². The Labute approximate surface area is 219 Å². The van der Waals surface area contributed by atoms with Crippen molar-refractivity contribution in [3.05, 3.63) is 70.9 Å². The Morgan fingerprint density at radius 3 is 2.76 bits per heavy atom. The molecule has 37 heavy (non-hydrogen) atoms. The van der Waals surface area contributed by atoms with E-state index in [1.165, 1.54) is 5.56 Å². The van der Waals surface area contributed by atoms with Crippen LogP contribution in [0.25, 0.3) is 0 Å². The predicted molar refractivity (Wildman–Crippen MR) is 145 cm³/mol. The van der Waals surface area contributed by atoms with E-state index in [4.69, 9.17) is 19.9 Å². The molecular formula is C29H38N4O4. The summed E-state index contributed by atoms with van der Waals surface area (Å²) >= 11 is 0. The van der Waals surface area contributed by atoms with Gasteiger partial charge in [0.15, 0.2) is 11.5 Å². The van der Waals surface area contributed by atoms with Crippen molar-refractivity contribution >= 4 is 11.6 Å². The number of methoxy groups -OCH3 is 1. The first-order chi connectivity index (χ1) is 18.0. The molecular weight excluding hydrogens is 468 g/mol. The Morgan fingerprint density at radius 2 is 2.03 bits per heavy atom. The summed E-state index contributed by atoms with van der Waals surface area (Å²) in [5, 5.41) is 2.92. The van der Waals surface area contributed by atoms with E-state index in [2.05, 4.69) is 46.4 Å². The Morgan fingerprint density at radius 1 is 1.24 bits per heavy atom. The third-order valence-corrected chi connectivity index (χ3v) is 6.65. The second-order valence-corrected chi connectivity index (χ2v) is 9.68. The molecule has 3 N–H and O–H groups in total. The molecule has 1 aliphatic carbocycles. The van der Waals surface area contributed by atoms with Gasteiger partial charge in [0.25, 0.3) is 5.91 Å². The fraction of sp³-hybridized carbons (Fsp3) is 0.448. The molecule has 1 unspecified atom stereocenters. The lowest BCUT2D eigenvalue weighted by molar-refractivity contribution is -0.114. The van der Waals surface area contributed by atoms with Crippen LogP contribution in [-0.4, -0.2) is 56.5 Å². The van der Waals surface area contributed by atoms with Crippen molar-refractivity contribution in [2.75, 3.05) is 33.9 Å². The standard InChI is InChI=1S/C29H38N4O4/c1-20-17-33(12-13-36-20)18-21-6-4-7-22(14-21)19-37-27-9-5-8-24(28(27)35-3)16-32-29(34)26(31-2)15-25(30)23-10-11-23/h4-9,14-15,20,23H,10-13,16-19,30H2,1-3H3,(H,32,34). The number of hydrogen-bond donors (Lipinski definition) is 2. The van der Waals surface area contributed by atoms with Gasteiger partial charge in [-0.1, -0.05) is 36.4 Å². The highest BCUT2D eigenvalue weighted by atomic mass is 16.5. The summed E-state index contributed by atoms with van der Waals surface area (Å²) in [4.78, 5) is 19.2. The van der Waals surface area contributed by atoms with Crippen LogP contribution >= 0.6 is 0 Å². The second kappa shape index (κ2) is 12.7. The van der Waals surface area contributed by atoms with Gasteiger partial charge in [-0.05, 0) is 49.0 Å². The number of benzene rings is 2. The topological polar surface area (TPSA) is 98.4 Å². The molecule has 0 spiro atoms. The largest absolute Gasteiger partial charge is 0.493 e. The SMILES string of the molecule is CN=C(C=C(N)C1CC1)C(=O)NCc1cccc(OCc2cccc(CN3CCOC(C)C3)c2)c1OC. The van der Waals surface area contributed by atoms with Crippen molar-refractivity contribution in [1.29, 1.82) is 0 Å². The van der Waals surface area contributed by atoms with Gasteiger partial charge >= 0.3 is 0 Å². The van der Waals surface area contributed by atoms with Gasteiger partial charge in [-0.15, -0.1) is 0 Å². The summed E-state index contributed by atoms with van der Waals surface area (Å²) in [5.74, 6) is 1.33. The van der Waals surface area contributed by atoms with E-state index < -0.39 is 0 Å². The minimum Gasteiger partial charge on any atom is -0.493 e. The molecule has 2 aromatic rings. The highest BCUT2D eigenvalue weighted by Gasteiger charge is 2.25. The first-order valence-corrected chi connectivity index (χ1v) is 12.9. The number of ether oxygens (including phenoxy) is 3. The van der Waals surface area contributed by atoms with Crippen molar-refractivity contribution < 1.29 is 19.0 Å². The molecule has 0 radical (unpaired) electrons. The van der Waals surface area contributed by atoms with Gasteiger partial charge < -0.3 is 25.3 Å². The number of carbonyl (C=O) groups excluding carboxylic acids is 1. The molecule has 8 nitrogen and oxygen atoms in total. The molecule has 8 heteroatoms. The van der Waals surface area contributed by atoms with Gasteiger partial charge in [-0.2, -0.15) is 0 Å². The van der Waals surface area contributed by atoms with Crippen LogP contribution in [0.5, 0.6) is 11.5 Å². The van der Waals surface area contributed by atoms with Crippen LogP contribution in [0.3, 0.4) is 0 Å². The highest BCUT2D eigenvalue weighted by Crippen LogP contribution is 2.34. The van der Waals surface area contributed by atoms with E-state index in [0.717, 1.165) is 50.2 Å². The molecule has 0 bridgehead atoms. The van der Waals surface area contributed by atoms with Crippen LogP contribution in [0.15, 0.2) is 59.2 Å². The number of para-hydroxylation sites is 1. The summed E-state index contributed by atoms with van der Waals surface area (Å²) < 4.78 is 17.5. The number of allylic oxidation sites excluding steroid dienone is 1. The lowest BCUT2D eigenvalue weighted by Gasteiger charge is -2.31. The zero-order valence-corrected chi connectivity index (χ0v) is 22.0. The smallest absolute Gasteiger partial charge is 0.269 e. The predicted octanol–water partition coefficient (Wildman–Crippen LogP) is 3.43. The summed E-state index contributed by atoms with van der Waals surface area (Å²) in [6.45, 7) is 6.36. The maximum atomic E-state index is 12.7. The number of carbonyl (C=O) groups is 1. The van der Waals surface area contributed by atoms with Gasteiger partial charge in [0, 0.05) is 44.5 Å². The lowest BCUT2D eigenvalue weighted by atomic mass is 10.1. The maximum absolute atomic E-state index is 12.7. The molecule has 1 saturated carbocycles. The Kier molecular flexibility index (Phi) is 9.19. The molecule has 1 aliphatic heterocycles. The molecule has 2 fully saturated rings. The zero-order valence-electron chi connectivity index (χ0n) is 22.0. The number of morpholine rings is 1. The number of nitrogens with zero attached hydrogens (tertiary/aromatic N) is 2. The minimum atomic E-state index is -0.272. The Bertz CT molecular complexity index is 1140. The van der Waals surface area contributed by atoms with Gasteiger partial charge in [0.05, 0.1) is 19.8 Å². The highest BCUT2D eigenvalue weighted by molar-refractivity contribution is 6.43. The molecule has 2 aromatic carbocycles. The van der Waals surface area contributed by atoms with Crippen molar-refractivity contribution in [2.45, 2.75) is 45.6 Å². The number of hydrogen-bond acceptors (Lipinski definition) is 7. The van der Waals surface area contributed by atoms with Crippen LogP contribution < -0.4 is 20.5 Å². The van der Waals surface area contributed by atoms with Crippen molar-refractivity contribution in [3.8, 4) is 11.5 Å². The normalized spacial score (nSPS) is 18.9. The Balaban J connectivity index is 1.36. The van der Waals surface area contributed by atoms with Crippen LogP contribution in [0.1, 0.15) is 36.5 Å². The lowest BCUT2D eigenvalue weighted by Crippen LogP contribution is -2.40. The van der Waals surface area contributed by atoms with Crippen LogP contribution in [0.4, 0.5) is 0 Å². The van der Waals surface area contributed by atoms with Crippen molar-refractivity contribution in [2.24, 2.45) is 16.6 Å². The quantitative estimate of drug-likeness (QED) is 0.453. The van der Waals surface area contributed by atoms with Crippen molar-refractivity contribution in [3.63, 3.8) is 0 Å². The molecule has 198 valence electrons. The summed E-state index contributed by atoms with van der Waals surface area (Å²) in [6.07, 6.45) is 4.09. The molecule has 1 saturated heterocycles. The number of rotatable bonds is 11. The van der Waals surface area contributed by atoms with E-state index in [9.17, 15) is 4.79 Å². The number of nitrogens with two attached hydrogens (primary N) is 1. The third kappa shape index (κ3) is 7.57. The van der Waals surface area contributed by atoms with Gasteiger partial charge in [-0.3, -0.25) is 14.7 Å². The summed E-state index contributed by atoms with van der Waals surface area (Å²) in [5.41, 5.74) is 10.3.